The first-order chi connectivity index (χ1) is 11.7. The summed E-state index contributed by atoms with van der Waals surface area (Å²) in [5.41, 5.74) is -0.0671. The minimum atomic E-state index is -0.926. The molecule has 0 fully saturated rings. The largest absolute Gasteiger partial charge is 0.493 e. The van der Waals surface area contributed by atoms with Gasteiger partial charge in [0.15, 0.2) is 11.5 Å². The average molecular weight is 354 g/mol. The van der Waals surface area contributed by atoms with E-state index in [9.17, 15) is 14.7 Å². The average Bonchev–Trinajstić information content (AvgIpc) is 2.55. The van der Waals surface area contributed by atoms with Crippen LogP contribution in [0.1, 0.15) is 32.4 Å². The molecule has 0 saturated heterocycles. The van der Waals surface area contributed by atoms with Gasteiger partial charge in [-0.1, -0.05) is 6.07 Å². The van der Waals surface area contributed by atoms with Gasteiger partial charge in [0.25, 0.3) is 0 Å². The summed E-state index contributed by atoms with van der Waals surface area (Å²) in [6, 6.07) is 4.98. The van der Waals surface area contributed by atoms with E-state index in [4.69, 9.17) is 14.2 Å². The Bertz CT molecular complexity index is 597. The lowest BCUT2D eigenvalue weighted by Crippen LogP contribution is -2.40. The second-order valence-corrected chi connectivity index (χ2v) is 6.29. The highest BCUT2D eigenvalue weighted by molar-refractivity contribution is 5.82. The maximum Gasteiger partial charge on any atom is 0.408 e. The molecule has 0 bridgehead atoms. The van der Waals surface area contributed by atoms with Gasteiger partial charge in [-0.2, -0.15) is 0 Å². The second-order valence-electron chi connectivity index (χ2n) is 6.29. The van der Waals surface area contributed by atoms with Crippen LogP contribution in [0, 0.1) is 0 Å². The van der Waals surface area contributed by atoms with E-state index < -0.39 is 23.7 Å². The summed E-state index contributed by atoms with van der Waals surface area (Å²) in [5.74, 6) is 0.589. The Labute approximate surface area is 147 Å². The van der Waals surface area contributed by atoms with Gasteiger partial charge in [0.05, 0.1) is 26.9 Å². The monoisotopic (exact) mass is 354 g/mol. The van der Waals surface area contributed by atoms with Crippen LogP contribution in [0.5, 0.6) is 11.5 Å². The maximum absolute atomic E-state index is 11.7. The van der Waals surface area contributed by atoms with Crippen LogP contribution in [0.4, 0.5) is 4.79 Å². The number of nitrogens with one attached hydrogen (secondary N) is 2. The topological polar surface area (TPSA) is 106 Å². The smallest absolute Gasteiger partial charge is 0.408 e. The molecule has 3 N–H and O–H groups in total. The fraction of sp³-hybridized carbons (Fsp3) is 0.529. The molecule has 1 aromatic carbocycles. The molecular formula is C17H26N2O6. The number of ether oxygens (including phenoxy) is 3. The molecule has 0 aliphatic rings. The second kappa shape index (κ2) is 9.12. The Hall–Kier alpha value is -2.48. The van der Waals surface area contributed by atoms with Crippen LogP contribution in [-0.4, -0.2) is 50.0 Å². The maximum atomic E-state index is 11.7. The SMILES string of the molecule is COc1ccc(C(O)CNC(=O)CNC(=O)OC(C)(C)C)cc1OC. The number of aliphatic hydroxyl groups excluding tert-OH is 1. The summed E-state index contributed by atoms with van der Waals surface area (Å²) in [6.45, 7) is 4.93. The van der Waals surface area contributed by atoms with Crippen LogP contribution in [-0.2, 0) is 9.53 Å². The first-order valence-corrected chi connectivity index (χ1v) is 7.80. The van der Waals surface area contributed by atoms with Crippen LogP contribution in [0.3, 0.4) is 0 Å². The third-order valence-electron chi connectivity index (χ3n) is 3.08. The summed E-state index contributed by atoms with van der Waals surface area (Å²) >= 11 is 0. The molecule has 0 aliphatic carbocycles. The fourth-order valence-corrected chi connectivity index (χ4v) is 1.92. The van der Waals surface area contributed by atoms with Crippen LogP contribution in [0.25, 0.3) is 0 Å². The Morgan fingerprint density at radius 1 is 1.12 bits per heavy atom. The first-order valence-electron chi connectivity index (χ1n) is 7.80. The Morgan fingerprint density at radius 3 is 2.32 bits per heavy atom. The zero-order valence-corrected chi connectivity index (χ0v) is 15.2. The van der Waals surface area contributed by atoms with Gasteiger partial charge in [-0.3, -0.25) is 4.79 Å². The number of aliphatic hydroxyl groups is 1. The summed E-state index contributed by atoms with van der Waals surface area (Å²) in [4.78, 5) is 23.2. The van der Waals surface area contributed by atoms with Crippen LogP contribution >= 0.6 is 0 Å². The van der Waals surface area contributed by atoms with Crippen molar-refractivity contribution in [3.8, 4) is 11.5 Å². The number of hydrogen-bond acceptors (Lipinski definition) is 6. The van der Waals surface area contributed by atoms with E-state index in [1.54, 1.807) is 39.0 Å². The van der Waals surface area contributed by atoms with Gasteiger partial charge < -0.3 is 30.0 Å². The van der Waals surface area contributed by atoms with Crippen molar-refractivity contribution in [1.82, 2.24) is 10.6 Å². The van der Waals surface area contributed by atoms with Crippen molar-refractivity contribution in [1.29, 1.82) is 0 Å². The highest BCUT2D eigenvalue weighted by atomic mass is 16.6. The van der Waals surface area contributed by atoms with Gasteiger partial charge in [0, 0.05) is 6.54 Å². The number of carbonyl (C=O) groups excluding carboxylic acids is 2. The van der Waals surface area contributed by atoms with Crippen molar-refractivity contribution in [2.75, 3.05) is 27.3 Å². The van der Waals surface area contributed by atoms with Crippen molar-refractivity contribution in [2.45, 2.75) is 32.5 Å². The molecule has 0 heterocycles. The Morgan fingerprint density at radius 2 is 1.76 bits per heavy atom. The molecule has 140 valence electrons. The number of hydrogen-bond donors (Lipinski definition) is 3. The van der Waals surface area contributed by atoms with Gasteiger partial charge >= 0.3 is 6.09 Å². The Kier molecular flexibility index (Phi) is 7.50. The highest BCUT2D eigenvalue weighted by Gasteiger charge is 2.17. The molecular weight excluding hydrogens is 328 g/mol. The molecule has 25 heavy (non-hydrogen) atoms. The van der Waals surface area contributed by atoms with E-state index in [2.05, 4.69) is 10.6 Å². The van der Waals surface area contributed by atoms with Gasteiger partial charge in [-0.25, -0.2) is 4.79 Å². The number of carbonyl (C=O) groups is 2. The third-order valence-corrected chi connectivity index (χ3v) is 3.08. The van der Waals surface area contributed by atoms with E-state index in [0.717, 1.165) is 0 Å². The molecule has 8 heteroatoms. The van der Waals surface area contributed by atoms with Crippen molar-refractivity contribution in [3.63, 3.8) is 0 Å². The van der Waals surface area contributed by atoms with Crippen molar-refractivity contribution in [3.05, 3.63) is 23.8 Å². The van der Waals surface area contributed by atoms with Crippen LogP contribution < -0.4 is 20.1 Å². The van der Waals surface area contributed by atoms with Gasteiger partial charge in [0.1, 0.15) is 5.60 Å². The predicted molar refractivity (Wildman–Crippen MR) is 91.8 cm³/mol. The van der Waals surface area contributed by atoms with Gasteiger partial charge in [-0.05, 0) is 38.5 Å². The van der Waals surface area contributed by atoms with E-state index in [1.807, 2.05) is 0 Å². The standard InChI is InChI=1S/C17H26N2O6/c1-17(2,3)25-16(22)19-10-15(21)18-9-12(20)11-6-7-13(23-4)14(8-11)24-5/h6-8,12,20H,9-10H2,1-5H3,(H,18,21)(H,19,22). The molecule has 0 aliphatic heterocycles. The lowest BCUT2D eigenvalue weighted by molar-refractivity contribution is -0.120. The van der Waals surface area contributed by atoms with Gasteiger partial charge in [0.2, 0.25) is 5.91 Å². The molecule has 1 unspecified atom stereocenters. The molecule has 0 saturated carbocycles. The molecule has 1 atom stereocenters. The predicted octanol–water partition coefficient (Wildman–Crippen LogP) is 1.38. The zero-order chi connectivity index (χ0) is 19.0. The Balaban J connectivity index is 2.47. The van der Waals surface area contributed by atoms with E-state index in [0.29, 0.717) is 17.1 Å². The number of amides is 2. The summed E-state index contributed by atoms with van der Waals surface area (Å²) < 4.78 is 15.3. The fourth-order valence-electron chi connectivity index (χ4n) is 1.92. The van der Waals surface area contributed by atoms with Crippen molar-refractivity contribution >= 4 is 12.0 Å². The quantitative estimate of drug-likeness (QED) is 0.683. The number of benzene rings is 1. The molecule has 8 nitrogen and oxygen atoms in total. The van der Waals surface area contributed by atoms with Crippen molar-refractivity contribution in [2.24, 2.45) is 0 Å². The normalized spacial score (nSPS) is 12.1. The molecule has 1 rings (SSSR count). The van der Waals surface area contributed by atoms with E-state index >= 15 is 0 Å². The highest BCUT2D eigenvalue weighted by Crippen LogP contribution is 2.29. The summed E-state index contributed by atoms with van der Waals surface area (Å²) in [7, 11) is 3.02. The summed E-state index contributed by atoms with van der Waals surface area (Å²) in [6.07, 6.45) is -1.60. The first kappa shape index (κ1) is 20.6. The third kappa shape index (κ3) is 7.30. The lowest BCUT2D eigenvalue weighted by Gasteiger charge is -2.19. The zero-order valence-electron chi connectivity index (χ0n) is 15.2. The minimum absolute atomic E-state index is 0.00961. The van der Waals surface area contributed by atoms with E-state index in [1.165, 1.54) is 14.2 Å². The van der Waals surface area contributed by atoms with Crippen LogP contribution in [0.2, 0.25) is 0 Å². The molecule has 0 radical (unpaired) electrons. The van der Waals surface area contributed by atoms with Crippen LogP contribution in [0.15, 0.2) is 18.2 Å². The van der Waals surface area contributed by atoms with E-state index in [-0.39, 0.29) is 13.1 Å². The lowest BCUT2D eigenvalue weighted by atomic mass is 10.1. The minimum Gasteiger partial charge on any atom is -0.493 e. The summed E-state index contributed by atoms with van der Waals surface area (Å²) in [5, 5.41) is 15.0. The van der Waals surface area contributed by atoms with Gasteiger partial charge in [-0.15, -0.1) is 0 Å². The number of rotatable bonds is 7. The molecule has 0 spiro atoms. The van der Waals surface area contributed by atoms with Crippen molar-refractivity contribution < 1.29 is 28.9 Å². The molecule has 1 aromatic rings. The number of alkyl carbamates (subject to hydrolysis) is 1. The molecule has 0 aromatic heterocycles. The molecule has 2 amide bonds. The number of methoxy groups -OCH3 is 2.